The van der Waals surface area contributed by atoms with Crippen molar-refractivity contribution in [3.05, 3.63) is 58.4 Å². The summed E-state index contributed by atoms with van der Waals surface area (Å²) in [5.74, 6) is 0.686. The van der Waals surface area contributed by atoms with Crippen LogP contribution in [0.1, 0.15) is 21.5 Å². The Morgan fingerprint density at radius 1 is 1.45 bits per heavy atom. The van der Waals surface area contributed by atoms with E-state index in [-0.39, 0.29) is 5.91 Å². The van der Waals surface area contributed by atoms with Gasteiger partial charge >= 0.3 is 0 Å². The number of carbonyl (C=O) groups is 1. The highest BCUT2D eigenvalue weighted by molar-refractivity contribution is 6.30. The summed E-state index contributed by atoms with van der Waals surface area (Å²) in [4.78, 5) is 15.9. The van der Waals surface area contributed by atoms with Crippen molar-refractivity contribution in [3.8, 4) is 5.75 Å². The molecule has 3 rings (SSSR count). The number of pyridine rings is 1. The van der Waals surface area contributed by atoms with Gasteiger partial charge in [-0.15, -0.1) is 0 Å². The number of nitrogens with one attached hydrogen (secondary N) is 1. The number of carbonyl (C=O) groups excluding carboxylic acids is 1. The smallest absolute Gasteiger partial charge is 0.253 e. The van der Waals surface area contributed by atoms with E-state index in [0.717, 1.165) is 23.3 Å². The van der Waals surface area contributed by atoms with Gasteiger partial charge in [0.05, 0.1) is 12.2 Å². The quantitative estimate of drug-likeness (QED) is 0.944. The third kappa shape index (κ3) is 2.60. The van der Waals surface area contributed by atoms with E-state index in [0.29, 0.717) is 23.7 Å². The lowest BCUT2D eigenvalue weighted by atomic mass is 10.1. The number of hydrogen-bond acceptors (Lipinski definition) is 3. The van der Waals surface area contributed by atoms with Gasteiger partial charge in [0, 0.05) is 35.9 Å². The zero-order valence-electron chi connectivity index (χ0n) is 10.7. The van der Waals surface area contributed by atoms with E-state index >= 15 is 0 Å². The van der Waals surface area contributed by atoms with E-state index in [4.69, 9.17) is 16.3 Å². The highest BCUT2D eigenvalue weighted by Gasteiger charge is 2.18. The Morgan fingerprint density at radius 3 is 3.15 bits per heavy atom. The summed E-state index contributed by atoms with van der Waals surface area (Å²) < 4.78 is 5.60. The van der Waals surface area contributed by atoms with E-state index < -0.39 is 0 Å². The molecule has 0 fully saturated rings. The van der Waals surface area contributed by atoms with Crippen LogP contribution in [0.2, 0.25) is 5.02 Å². The van der Waals surface area contributed by atoms with Gasteiger partial charge in [-0.25, -0.2) is 0 Å². The Bertz CT molecular complexity index is 644. The topological polar surface area (TPSA) is 51.2 Å². The highest BCUT2D eigenvalue weighted by Crippen LogP contribution is 2.32. The maximum atomic E-state index is 12.0. The van der Waals surface area contributed by atoms with Crippen molar-refractivity contribution in [3.63, 3.8) is 0 Å². The minimum absolute atomic E-state index is 0.162. The first-order valence-electron chi connectivity index (χ1n) is 6.36. The zero-order valence-corrected chi connectivity index (χ0v) is 11.5. The predicted molar refractivity (Wildman–Crippen MR) is 76.1 cm³/mol. The highest BCUT2D eigenvalue weighted by atomic mass is 35.5. The monoisotopic (exact) mass is 288 g/mol. The first-order chi connectivity index (χ1) is 9.74. The molecule has 4 nitrogen and oxygen atoms in total. The van der Waals surface area contributed by atoms with Crippen molar-refractivity contribution < 1.29 is 9.53 Å². The minimum atomic E-state index is -0.162. The van der Waals surface area contributed by atoms with Crippen molar-refractivity contribution in [1.82, 2.24) is 10.3 Å². The second kappa shape index (κ2) is 5.51. The van der Waals surface area contributed by atoms with Gasteiger partial charge in [-0.2, -0.15) is 0 Å². The molecular formula is C15H13ClN2O2. The number of halogens is 1. The molecule has 1 N–H and O–H groups in total. The molecule has 2 aromatic rings. The number of hydrogen-bond donors (Lipinski definition) is 1. The molecule has 0 saturated heterocycles. The Labute approximate surface area is 121 Å². The molecule has 1 aliphatic rings. The lowest BCUT2D eigenvalue weighted by Gasteiger charge is -2.10. The van der Waals surface area contributed by atoms with E-state index in [9.17, 15) is 4.79 Å². The van der Waals surface area contributed by atoms with Crippen LogP contribution in [0.4, 0.5) is 0 Å². The lowest BCUT2D eigenvalue weighted by molar-refractivity contribution is 0.0950. The molecule has 102 valence electrons. The van der Waals surface area contributed by atoms with Crippen molar-refractivity contribution in [2.24, 2.45) is 0 Å². The summed E-state index contributed by atoms with van der Waals surface area (Å²) in [6.07, 6.45) is 4.03. The molecule has 1 aromatic carbocycles. The van der Waals surface area contributed by atoms with E-state index in [2.05, 4.69) is 10.3 Å². The Hall–Kier alpha value is -2.07. The Kier molecular flexibility index (Phi) is 3.56. The van der Waals surface area contributed by atoms with Gasteiger partial charge in [0.2, 0.25) is 0 Å². The molecular weight excluding hydrogens is 276 g/mol. The Morgan fingerprint density at radius 2 is 2.35 bits per heavy atom. The molecule has 1 aliphatic heterocycles. The van der Waals surface area contributed by atoms with E-state index in [1.165, 1.54) is 6.20 Å². The number of amides is 1. The maximum absolute atomic E-state index is 12.0. The third-order valence-corrected chi connectivity index (χ3v) is 3.41. The summed E-state index contributed by atoms with van der Waals surface area (Å²) in [5.41, 5.74) is 2.54. The summed E-state index contributed by atoms with van der Waals surface area (Å²) >= 11 is 6.08. The number of nitrogens with zero attached hydrogens (tertiary/aromatic N) is 1. The molecule has 0 atom stereocenters. The molecule has 0 radical (unpaired) electrons. The van der Waals surface area contributed by atoms with Crippen molar-refractivity contribution in [2.45, 2.75) is 13.0 Å². The molecule has 2 heterocycles. The van der Waals surface area contributed by atoms with E-state index in [1.807, 2.05) is 12.1 Å². The van der Waals surface area contributed by atoms with Gasteiger partial charge in [0.15, 0.2) is 0 Å². The van der Waals surface area contributed by atoms with E-state index in [1.54, 1.807) is 18.3 Å². The van der Waals surface area contributed by atoms with Crippen molar-refractivity contribution in [1.29, 1.82) is 0 Å². The molecule has 0 saturated carbocycles. The third-order valence-electron chi connectivity index (χ3n) is 3.19. The van der Waals surface area contributed by atoms with Crippen LogP contribution in [-0.4, -0.2) is 17.5 Å². The van der Waals surface area contributed by atoms with Crippen LogP contribution in [0, 0.1) is 0 Å². The normalized spacial score (nSPS) is 12.7. The molecule has 5 heteroatoms. The molecule has 0 bridgehead atoms. The average Bonchev–Trinajstić information content (AvgIpc) is 2.93. The largest absolute Gasteiger partial charge is 0.493 e. The summed E-state index contributed by atoms with van der Waals surface area (Å²) in [6, 6.07) is 7.20. The number of ether oxygens (including phenoxy) is 1. The van der Waals surface area contributed by atoms with Gasteiger partial charge < -0.3 is 10.1 Å². The van der Waals surface area contributed by atoms with Crippen LogP contribution in [0.25, 0.3) is 0 Å². The van der Waals surface area contributed by atoms with Gasteiger partial charge in [-0.3, -0.25) is 9.78 Å². The van der Waals surface area contributed by atoms with Crippen LogP contribution in [0.3, 0.4) is 0 Å². The second-order valence-electron chi connectivity index (χ2n) is 4.58. The number of aromatic nitrogens is 1. The zero-order chi connectivity index (χ0) is 13.9. The summed E-state index contributed by atoms with van der Waals surface area (Å²) in [7, 11) is 0. The van der Waals surface area contributed by atoms with Crippen LogP contribution in [0.5, 0.6) is 5.75 Å². The molecule has 1 amide bonds. The minimum Gasteiger partial charge on any atom is -0.493 e. The van der Waals surface area contributed by atoms with Crippen molar-refractivity contribution >= 4 is 17.5 Å². The number of benzene rings is 1. The fourth-order valence-electron chi connectivity index (χ4n) is 2.25. The van der Waals surface area contributed by atoms with Gasteiger partial charge in [-0.1, -0.05) is 11.6 Å². The molecule has 0 aliphatic carbocycles. The number of fused-ring (bicyclic) bond motifs is 1. The fourth-order valence-corrected chi connectivity index (χ4v) is 2.52. The molecule has 1 aromatic heterocycles. The summed E-state index contributed by atoms with van der Waals surface area (Å²) in [5, 5.41) is 3.52. The average molecular weight is 289 g/mol. The lowest BCUT2D eigenvalue weighted by Crippen LogP contribution is -2.23. The standard InChI is InChI=1S/C15H13ClN2O2/c16-13-6-10-3-5-20-14(10)12(7-13)9-18-15(19)11-2-1-4-17-8-11/h1-2,4,6-8H,3,5,9H2,(H,18,19). The van der Waals surface area contributed by atoms with Gasteiger partial charge in [-0.05, 0) is 29.8 Å². The van der Waals surface area contributed by atoms with Crippen molar-refractivity contribution in [2.75, 3.05) is 6.61 Å². The Balaban J connectivity index is 1.75. The first-order valence-corrected chi connectivity index (χ1v) is 6.74. The van der Waals surface area contributed by atoms with Crippen LogP contribution in [-0.2, 0) is 13.0 Å². The maximum Gasteiger partial charge on any atom is 0.253 e. The molecule has 0 spiro atoms. The van der Waals surface area contributed by atoms with Gasteiger partial charge in [0.1, 0.15) is 5.75 Å². The number of rotatable bonds is 3. The van der Waals surface area contributed by atoms with Crippen LogP contribution >= 0.6 is 11.6 Å². The summed E-state index contributed by atoms with van der Waals surface area (Å²) in [6.45, 7) is 1.05. The first kappa shape index (κ1) is 12.9. The SMILES string of the molecule is O=C(NCc1cc(Cl)cc2c1OCC2)c1cccnc1. The fraction of sp³-hybridized carbons (Fsp3) is 0.200. The second-order valence-corrected chi connectivity index (χ2v) is 5.01. The van der Waals surface area contributed by atoms with Gasteiger partial charge in [0.25, 0.3) is 5.91 Å². The molecule has 0 unspecified atom stereocenters. The van der Waals surface area contributed by atoms with Crippen LogP contribution in [0.15, 0.2) is 36.7 Å². The molecule has 20 heavy (non-hydrogen) atoms. The predicted octanol–water partition coefficient (Wildman–Crippen LogP) is 2.60. The van der Waals surface area contributed by atoms with Crippen LogP contribution < -0.4 is 10.1 Å².